The Hall–Kier alpha value is -1.66. The van der Waals surface area contributed by atoms with Crippen molar-refractivity contribution in [3.63, 3.8) is 0 Å². The van der Waals surface area contributed by atoms with Crippen LogP contribution in [0.2, 0.25) is 0 Å². The molecule has 0 fully saturated rings. The quantitative estimate of drug-likeness (QED) is 0.634. The van der Waals surface area contributed by atoms with E-state index in [1.54, 1.807) is 30.3 Å². The molecule has 5 nitrogen and oxygen atoms in total. The Labute approximate surface area is 114 Å². The minimum absolute atomic E-state index is 0.0749. The van der Waals surface area contributed by atoms with Crippen LogP contribution in [0.5, 0.6) is 0 Å². The zero-order valence-electron chi connectivity index (χ0n) is 9.12. The second-order valence-electron chi connectivity index (χ2n) is 3.43. The first-order valence-corrected chi connectivity index (χ1v) is 5.67. The first-order valence-electron chi connectivity index (χ1n) is 4.92. The van der Waals surface area contributed by atoms with Gasteiger partial charge in [-0.15, -0.1) is 0 Å². The first-order chi connectivity index (χ1) is 8.43. The summed E-state index contributed by atoms with van der Waals surface area (Å²) in [5.41, 5.74) is 0.555. The number of carboxylic acid groups (broad SMARTS) is 2. The standard InChI is InChI=1S/C11H10ClNO4S/c12-13(8(11(16)17)6-9(14)15)10(18)7-4-2-1-3-5-7/h1-5,8H,6H2,(H,14,15)(H,16,17). The molecule has 0 aromatic heterocycles. The zero-order chi connectivity index (χ0) is 13.7. The maximum Gasteiger partial charge on any atom is 0.328 e. The van der Waals surface area contributed by atoms with Gasteiger partial charge in [0.2, 0.25) is 0 Å². The third-order valence-corrected chi connectivity index (χ3v) is 3.08. The zero-order valence-corrected chi connectivity index (χ0v) is 10.7. The highest BCUT2D eigenvalue weighted by atomic mass is 35.5. The van der Waals surface area contributed by atoms with Gasteiger partial charge in [-0.3, -0.25) is 9.21 Å². The van der Waals surface area contributed by atoms with Crippen molar-refractivity contribution in [2.24, 2.45) is 0 Å². The molecule has 1 rings (SSSR count). The van der Waals surface area contributed by atoms with Crippen LogP contribution >= 0.6 is 24.0 Å². The summed E-state index contributed by atoms with van der Waals surface area (Å²) >= 11 is 10.8. The maximum absolute atomic E-state index is 11.0. The fourth-order valence-electron chi connectivity index (χ4n) is 1.28. The van der Waals surface area contributed by atoms with Crippen LogP contribution in [0.15, 0.2) is 30.3 Å². The van der Waals surface area contributed by atoms with E-state index < -0.39 is 24.4 Å². The molecule has 0 saturated carbocycles. The summed E-state index contributed by atoms with van der Waals surface area (Å²) in [4.78, 5) is 21.6. The molecule has 0 bridgehead atoms. The Bertz CT molecular complexity index is 465. The van der Waals surface area contributed by atoms with Crippen molar-refractivity contribution in [1.82, 2.24) is 4.42 Å². The maximum atomic E-state index is 11.0. The summed E-state index contributed by atoms with van der Waals surface area (Å²) in [7, 11) is 0. The Morgan fingerprint density at radius 3 is 2.28 bits per heavy atom. The number of hydrogen-bond donors (Lipinski definition) is 2. The van der Waals surface area contributed by atoms with E-state index in [-0.39, 0.29) is 4.99 Å². The molecular weight excluding hydrogens is 278 g/mol. The molecule has 0 amide bonds. The number of hydrogen-bond acceptors (Lipinski definition) is 3. The third-order valence-electron chi connectivity index (χ3n) is 2.14. The number of thiocarbonyl (C=S) groups is 1. The highest BCUT2D eigenvalue weighted by Gasteiger charge is 2.29. The summed E-state index contributed by atoms with van der Waals surface area (Å²) in [6.45, 7) is 0. The molecule has 0 aliphatic heterocycles. The van der Waals surface area contributed by atoms with E-state index in [1.165, 1.54) is 0 Å². The number of rotatable bonds is 5. The number of halogens is 1. The van der Waals surface area contributed by atoms with Gasteiger partial charge in [0.15, 0.2) is 6.04 Å². The van der Waals surface area contributed by atoms with Gasteiger partial charge in [0.1, 0.15) is 4.99 Å². The molecule has 1 aromatic carbocycles. The van der Waals surface area contributed by atoms with Crippen LogP contribution < -0.4 is 0 Å². The molecule has 1 aromatic rings. The van der Waals surface area contributed by atoms with Crippen molar-refractivity contribution in [1.29, 1.82) is 0 Å². The van der Waals surface area contributed by atoms with E-state index in [4.69, 9.17) is 34.2 Å². The summed E-state index contributed by atoms with van der Waals surface area (Å²) in [5.74, 6) is -2.60. The monoisotopic (exact) mass is 287 g/mol. The largest absolute Gasteiger partial charge is 0.481 e. The van der Waals surface area contributed by atoms with E-state index in [0.29, 0.717) is 5.56 Å². The van der Waals surface area contributed by atoms with Gasteiger partial charge in [0.05, 0.1) is 6.42 Å². The van der Waals surface area contributed by atoms with Gasteiger partial charge in [-0.05, 0) is 0 Å². The molecule has 96 valence electrons. The predicted octanol–water partition coefficient (Wildman–Crippen LogP) is 1.75. The third kappa shape index (κ3) is 3.68. The van der Waals surface area contributed by atoms with Gasteiger partial charge in [-0.2, -0.15) is 0 Å². The lowest BCUT2D eigenvalue weighted by Crippen LogP contribution is -2.40. The molecule has 0 heterocycles. The molecule has 7 heteroatoms. The van der Waals surface area contributed by atoms with E-state index in [1.807, 2.05) is 0 Å². The van der Waals surface area contributed by atoms with Crippen LogP contribution in [0.1, 0.15) is 12.0 Å². The SMILES string of the molecule is O=C(O)CC(C(=O)O)N(Cl)C(=S)c1ccccc1. The Balaban J connectivity index is 2.90. The minimum atomic E-state index is -1.41. The Morgan fingerprint density at radius 2 is 1.83 bits per heavy atom. The number of nitrogens with zero attached hydrogens (tertiary/aromatic N) is 1. The molecular formula is C11H10ClNO4S. The van der Waals surface area contributed by atoms with Gasteiger partial charge >= 0.3 is 11.9 Å². The van der Waals surface area contributed by atoms with E-state index >= 15 is 0 Å². The molecule has 1 unspecified atom stereocenters. The molecule has 0 spiro atoms. The Kier molecular flexibility index (Phi) is 5.06. The average molecular weight is 288 g/mol. The number of benzene rings is 1. The Morgan fingerprint density at radius 1 is 1.28 bits per heavy atom. The van der Waals surface area contributed by atoms with Crippen LogP contribution in [0, 0.1) is 0 Å². The highest BCUT2D eigenvalue weighted by Crippen LogP contribution is 2.15. The van der Waals surface area contributed by atoms with Gasteiger partial charge in [-0.25, -0.2) is 4.79 Å². The average Bonchev–Trinajstić information content (AvgIpc) is 2.34. The lowest BCUT2D eigenvalue weighted by molar-refractivity contribution is -0.146. The predicted molar refractivity (Wildman–Crippen MR) is 69.5 cm³/mol. The summed E-state index contributed by atoms with van der Waals surface area (Å²) in [6.07, 6.45) is -0.633. The molecule has 1 atom stereocenters. The minimum Gasteiger partial charge on any atom is -0.481 e. The normalized spacial score (nSPS) is 11.6. The van der Waals surface area contributed by atoms with E-state index in [0.717, 1.165) is 4.42 Å². The van der Waals surface area contributed by atoms with Crippen LogP contribution in [-0.2, 0) is 9.59 Å². The smallest absolute Gasteiger partial charge is 0.328 e. The van der Waals surface area contributed by atoms with Crippen LogP contribution in [-0.4, -0.2) is 37.6 Å². The lowest BCUT2D eigenvalue weighted by atomic mass is 10.1. The van der Waals surface area contributed by atoms with Crippen LogP contribution in [0.25, 0.3) is 0 Å². The van der Waals surface area contributed by atoms with Crippen molar-refractivity contribution in [2.45, 2.75) is 12.5 Å². The lowest BCUT2D eigenvalue weighted by Gasteiger charge is -2.22. The van der Waals surface area contributed by atoms with Gasteiger partial charge < -0.3 is 10.2 Å². The first kappa shape index (κ1) is 14.4. The second-order valence-corrected chi connectivity index (χ2v) is 4.19. The molecule has 0 aliphatic rings. The van der Waals surface area contributed by atoms with E-state index in [9.17, 15) is 9.59 Å². The number of aliphatic carboxylic acids is 2. The van der Waals surface area contributed by atoms with Crippen molar-refractivity contribution in [2.75, 3.05) is 0 Å². The van der Waals surface area contributed by atoms with Crippen molar-refractivity contribution < 1.29 is 19.8 Å². The number of carbonyl (C=O) groups is 2. The fourth-order valence-corrected chi connectivity index (χ4v) is 1.79. The van der Waals surface area contributed by atoms with E-state index in [2.05, 4.69) is 0 Å². The highest BCUT2D eigenvalue weighted by molar-refractivity contribution is 7.80. The summed E-state index contributed by atoms with van der Waals surface area (Å²) in [6, 6.07) is 7.14. The molecule has 0 aliphatic carbocycles. The van der Waals surface area contributed by atoms with Gasteiger partial charge in [-0.1, -0.05) is 42.5 Å². The van der Waals surface area contributed by atoms with Crippen molar-refractivity contribution >= 4 is 40.9 Å². The van der Waals surface area contributed by atoms with Crippen LogP contribution in [0.4, 0.5) is 0 Å². The molecule has 18 heavy (non-hydrogen) atoms. The van der Waals surface area contributed by atoms with Gasteiger partial charge in [0.25, 0.3) is 0 Å². The van der Waals surface area contributed by atoms with Crippen LogP contribution in [0.3, 0.4) is 0 Å². The van der Waals surface area contributed by atoms with Crippen molar-refractivity contribution in [3.05, 3.63) is 35.9 Å². The summed E-state index contributed by atoms with van der Waals surface area (Å²) in [5, 5.41) is 17.6. The van der Waals surface area contributed by atoms with Crippen molar-refractivity contribution in [3.8, 4) is 0 Å². The molecule has 0 saturated heterocycles. The number of carboxylic acids is 2. The van der Waals surface area contributed by atoms with Gasteiger partial charge in [0, 0.05) is 17.3 Å². The second kappa shape index (κ2) is 6.32. The topological polar surface area (TPSA) is 77.8 Å². The fraction of sp³-hybridized carbons (Fsp3) is 0.182. The summed E-state index contributed by atoms with van der Waals surface area (Å²) < 4.78 is 0.765. The molecule has 2 N–H and O–H groups in total. The molecule has 0 radical (unpaired) electrons.